The largest absolute Gasteiger partial charge is 0.366 e. The third-order valence-electron chi connectivity index (χ3n) is 2.19. The lowest BCUT2D eigenvalue weighted by atomic mass is 10.2. The topological polar surface area (TPSA) is 84.2 Å². The maximum absolute atomic E-state index is 11.0. The Morgan fingerprint density at radius 3 is 3.00 bits per heavy atom. The minimum Gasteiger partial charge on any atom is -0.366 e. The van der Waals surface area contributed by atoms with Gasteiger partial charge in [0, 0.05) is 11.8 Å². The second-order valence-electron chi connectivity index (χ2n) is 3.11. The Morgan fingerprint density at radius 2 is 2.44 bits per heavy atom. The number of rotatable bonds is 2. The second kappa shape index (κ2) is 3.87. The highest BCUT2D eigenvalue weighted by Crippen LogP contribution is 2.23. The van der Waals surface area contributed by atoms with Crippen LogP contribution in [0, 0.1) is 11.3 Å². The summed E-state index contributed by atoms with van der Waals surface area (Å²) in [4.78, 5) is 11.0. The molecule has 0 bridgehead atoms. The number of primary amides is 1. The molecule has 0 unspecified atom stereocenters. The van der Waals surface area contributed by atoms with Crippen LogP contribution in [-0.4, -0.2) is 21.8 Å². The number of aromatic nitrogens is 2. The first-order valence-corrected chi connectivity index (χ1v) is 5.66. The molecule has 2 rings (SSSR count). The van der Waals surface area contributed by atoms with Crippen LogP contribution in [-0.2, 0) is 0 Å². The molecule has 0 aliphatic heterocycles. The van der Waals surface area contributed by atoms with E-state index in [0.29, 0.717) is 21.7 Å². The zero-order valence-corrected chi connectivity index (χ0v) is 9.28. The number of hydrogen-bond acceptors (Lipinski definition) is 4. The molecule has 80 valence electrons. The molecule has 0 spiro atoms. The smallest absolute Gasteiger partial charge is 0.248 e. The average molecular weight is 232 g/mol. The summed E-state index contributed by atoms with van der Waals surface area (Å²) in [5.74, 6) is -0.515. The van der Waals surface area contributed by atoms with Gasteiger partial charge in [0.2, 0.25) is 5.91 Å². The first kappa shape index (κ1) is 10.5. The number of fused-ring (bicyclic) bond motifs is 1. The van der Waals surface area contributed by atoms with Gasteiger partial charge in [0.05, 0.1) is 5.52 Å². The minimum atomic E-state index is -0.515. The second-order valence-corrected chi connectivity index (χ2v) is 3.90. The number of amides is 1. The van der Waals surface area contributed by atoms with E-state index in [1.807, 2.05) is 6.26 Å². The SMILES string of the molecule is CSc1nn2ccc(C(N)=O)cc2c1C#N. The fourth-order valence-electron chi connectivity index (χ4n) is 1.43. The fraction of sp³-hybridized carbons (Fsp3) is 0.100. The molecule has 6 heteroatoms. The Morgan fingerprint density at radius 1 is 1.69 bits per heavy atom. The van der Waals surface area contributed by atoms with Crippen molar-refractivity contribution in [2.45, 2.75) is 5.03 Å². The normalized spacial score (nSPS) is 10.2. The lowest BCUT2D eigenvalue weighted by molar-refractivity contribution is 0.100. The van der Waals surface area contributed by atoms with Gasteiger partial charge in [-0.05, 0) is 18.4 Å². The number of nitriles is 1. The summed E-state index contributed by atoms with van der Waals surface area (Å²) in [5, 5.41) is 13.9. The quantitative estimate of drug-likeness (QED) is 0.783. The van der Waals surface area contributed by atoms with Crippen LogP contribution >= 0.6 is 11.8 Å². The number of nitrogens with zero attached hydrogens (tertiary/aromatic N) is 3. The molecule has 0 saturated carbocycles. The lowest BCUT2D eigenvalue weighted by Crippen LogP contribution is -2.11. The van der Waals surface area contributed by atoms with E-state index in [0.717, 1.165) is 0 Å². The van der Waals surface area contributed by atoms with Gasteiger partial charge in [-0.1, -0.05) is 0 Å². The van der Waals surface area contributed by atoms with Crippen molar-refractivity contribution < 1.29 is 4.79 Å². The van der Waals surface area contributed by atoms with Gasteiger partial charge in [0.15, 0.2) is 0 Å². The van der Waals surface area contributed by atoms with Crippen LogP contribution in [0.5, 0.6) is 0 Å². The van der Waals surface area contributed by atoms with Gasteiger partial charge in [-0.3, -0.25) is 4.79 Å². The van der Waals surface area contributed by atoms with Crippen molar-refractivity contribution in [1.82, 2.24) is 9.61 Å². The number of thioether (sulfide) groups is 1. The third-order valence-corrected chi connectivity index (χ3v) is 2.87. The Bertz CT molecular complexity index is 611. The van der Waals surface area contributed by atoms with Crippen LogP contribution in [0.4, 0.5) is 0 Å². The molecule has 0 aromatic carbocycles. The number of hydrogen-bond donors (Lipinski definition) is 1. The van der Waals surface area contributed by atoms with Gasteiger partial charge in [-0.15, -0.1) is 11.8 Å². The van der Waals surface area contributed by atoms with Crippen LogP contribution in [0.15, 0.2) is 23.4 Å². The number of carbonyl (C=O) groups excluding carboxylic acids is 1. The molecule has 0 saturated heterocycles. The van der Waals surface area contributed by atoms with E-state index in [4.69, 9.17) is 11.0 Å². The third kappa shape index (κ3) is 1.51. The summed E-state index contributed by atoms with van der Waals surface area (Å²) in [6.45, 7) is 0. The molecule has 2 aromatic rings. The molecule has 1 amide bonds. The molecule has 2 N–H and O–H groups in total. The molecule has 0 atom stereocenters. The van der Waals surface area contributed by atoms with Crippen molar-refractivity contribution in [3.8, 4) is 6.07 Å². The predicted molar refractivity (Wildman–Crippen MR) is 60.2 cm³/mol. The van der Waals surface area contributed by atoms with Crippen molar-refractivity contribution in [3.63, 3.8) is 0 Å². The summed E-state index contributed by atoms with van der Waals surface area (Å²) in [6.07, 6.45) is 3.47. The van der Waals surface area contributed by atoms with E-state index < -0.39 is 5.91 Å². The van der Waals surface area contributed by atoms with E-state index in [-0.39, 0.29) is 0 Å². The van der Waals surface area contributed by atoms with Crippen LogP contribution in [0.3, 0.4) is 0 Å². The van der Waals surface area contributed by atoms with Crippen molar-refractivity contribution in [3.05, 3.63) is 29.5 Å². The molecule has 2 aromatic heterocycles. The average Bonchev–Trinajstić information content (AvgIpc) is 2.65. The Kier molecular flexibility index (Phi) is 2.54. The van der Waals surface area contributed by atoms with E-state index in [1.54, 1.807) is 22.8 Å². The molecule has 0 radical (unpaired) electrons. The predicted octanol–water partition coefficient (Wildman–Crippen LogP) is 1.03. The standard InChI is InChI=1S/C10H8N4OS/c1-16-10-7(5-11)8-4-6(9(12)15)2-3-14(8)13-10/h2-4H,1H3,(H2,12,15). The lowest BCUT2D eigenvalue weighted by Gasteiger charge is -1.96. The number of nitrogens with two attached hydrogens (primary N) is 1. The van der Waals surface area contributed by atoms with E-state index in [9.17, 15) is 4.79 Å². The summed E-state index contributed by atoms with van der Waals surface area (Å²) in [7, 11) is 0. The Hall–Kier alpha value is -2.00. The fourth-order valence-corrected chi connectivity index (χ4v) is 1.95. The Balaban J connectivity index is 2.76. The van der Waals surface area contributed by atoms with E-state index in [2.05, 4.69) is 11.2 Å². The van der Waals surface area contributed by atoms with Crippen molar-refractivity contribution in [2.24, 2.45) is 5.73 Å². The van der Waals surface area contributed by atoms with Gasteiger partial charge < -0.3 is 5.73 Å². The molecule has 0 fully saturated rings. The van der Waals surface area contributed by atoms with Crippen LogP contribution in [0.25, 0.3) is 5.52 Å². The first-order chi connectivity index (χ1) is 7.67. The summed E-state index contributed by atoms with van der Waals surface area (Å²) >= 11 is 1.39. The zero-order valence-electron chi connectivity index (χ0n) is 8.47. The summed E-state index contributed by atoms with van der Waals surface area (Å²) in [5.41, 5.74) is 6.62. The maximum atomic E-state index is 11.0. The van der Waals surface area contributed by atoms with Gasteiger partial charge >= 0.3 is 0 Å². The van der Waals surface area contributed by atoms with Crippen LogP contribution in [0.2, 0.25) is 0 Å². The molecule has 0 aliphatic carbocycles. The highest BCUT2D eigenvalue weighted by molar-refractivity contribution is 7.98. The molecule has 2 heterocycles. The molecule has 5 nitrogen and oxygen atoms in total. The number of pyridine rings is 1. The monoisotopic (exact) mass is 232 g/mol. The molecule has 0 aliphatic rings. The van der Waals surface area contributed by atoms with Crippen molar-refractivity contribution in [2.75, 3.05) is 6.26 Å². The highest BCUT2D eigenvalue weighted by atomic mass is 32.2. The molecule has 16 heavy (non-hydrogen) atoms. The van der Waals surface area contributed by atoms with Crippen LogP contribution < -0.4 is 5.73 Å². The minimum absolute atomic E-state index is 0.372. The van der Waals surface area contributed by atoms with E-state index in [1.165, 1.54) is 11.8 Å². The zero-order chi connectivity index (χ0) is 11.7. The summed E-state index contributed by atoms with van der Waals surface area (Å²) < 4.78 is 1.57. The first-order valence-electron chi connectivity index (χ1n) is 4.43. The van der Waals surface area contributed by atoms with Crippen molar-refractivity contribution in [1.29, 1.82) is 5.26 Å². The van der Waals surface area contributed by atoms with Crippen LogP contribution in [0.1, 0.15) is 15.9 Å². The molecular formula is C10H8N4OS. The Labute approximate surface area is 95.8 Å². The van der Waals surface area contributed by atoms with Gasteiger partial charge in [0.25, 0.3) is 0 Å². The van der Waals surface area contributed by atoms with Gasteiger partial charge in [-0.25, -0.2) is 4.52 Å². The van der Waals surface area contributed by atoms with Crippen molar-refractivity contribution >= 4 is 23.2 Å². The van der Waals surface area contributed by atoms with Gasteiger partial charge in [-0.2, -0.15) is 10.4 Å². The highest BCUT2D eigenvalue weighted by Gasteiger charge is 2.12. The van der Waals surface area contributed by atoms with Gasteiger partial charge in [0.1, 0.15) is 16.7 Å². The number of carbonyl (C=O) groups is 1. The van der Waals surface area contributed by atoms with E-state index >= 15 is 0 Å². The molecular weight excluding hydrogens is 224 g/mol. The maximum Gasteiger partial charge on any atom is 0.248 e. The summed E-state index contributed by atoms with van der Waals surface area (Å²) in [6, 6.07) is 5.23.